The van der Waals surface area contributed by atoms with Crippen LogP contribution in [0.25, 0.3) is 0 Å². The van der Waals surface area contributed by atoms with Gasteiger partial charge in [0.05, 0.1) is 6.54 Å². The highest BCUT2D eigenvalue weighted by atomic mass is 19.4. The third-order valence-corrected chi connectivity index (χ3v) is 3.56. The van der Waals surface area contributed by atoms with Crippen LogP contribution in [0.4, 0.5) is 19.0 Å². The molecule has 0 radical (unpaired) electrons. The van der Waals surface area contributed by atoms with Crippen LogP contribution in [0.5, 0.6) is 0 Å². The summed E-state index contributed by atoms with van der Waals surface area (Å²) in [6.45, 7) is 0.498. The van der Waals surface area contributed by atoms with E-state index >= 15 is 0 Å². The minimum absolute atomic E-state index is 0.415. The molecule has 0 spiro atoms. The molecule has 0 aliphatic carbocycles. The van der Waals surface area contributed by atoms with Crippen molar-refractivity contribution in [3.05, 3.63) is 23.4 Å². The summed E-state index contributed by atoms with van der Waals surface area (Å²) in [4.78, 5) is 4.60. The minimum Gasteiger partial charge on any atom is -0.370 e. The van der Waals surface area contributed by atoms with Crippen LogP contribution >= 0.6 is 0 Å². The van der Waals surface area contributed by atoms with Crippen LogP contribution in [0.15, 0.2) is 12.1 Å². The Hall–Kier alpha value is -1.30. The average Bonchev–Trinajstić information content (AvgIpc) is 2.45. The zero-order chi connectivity index (χ0) is 15.1. The lowest BCUT2D eigenvalue weighted by Crippen LogP contribution is -2.29. The van der Waals surface area contributed by atoms with Gasteiger partial charge in [-0.15, -0.1) is 0 Å². The molecule has 0 amide bonds. The van der Waals surface area contributed by atoms with E-state index < -0.39 is 12.7 Å². The first-order valence-corrected chi connectivity index (χ1v) is 7.55. The second-order valence-electron chi connectivity index (χ2n) is 5.44. The van der Waals surface area contributed by atoms with Crippen molar-refractivity contribution in [1.29, 1.82) is 0 Å². The molecule has 2 heterocycles. The summed E-state index contributed by atoms with van der Waals surface area (Å²) in [6.07, 6.45) is 1.64. The number of pyridine rings is 1. The highest BCUT2D eigenvalue weighted by molar-refractivity contribution is 5.46. The van der Waals surface area contributed by atoms with E-state index in [1.165, 1.54) is 5.56 Å². The van der Waals surface area contributed by atoms with E-state index in [-0.39, 0.29) is 0 Å². The number of nitrogens with zero attached hydrogens (tertiary/aromatic N) is 1. The Morgan fingerprint density at radius 2 is 2.05 bits per heavy atom. The van der Waals surface area contributed by atoms with E-state index in [2.05, 4.69) is 27.8 Å². The Morgan fingerprint density at radius 3 is 2.86 bits per heavy atom. The number of rotatable bonds is 7. The van der Waals surface area contributed by atoms with Crippen LogP contribution in [0.2, 0.25) is 0 Å². The molecule has 2 rings (SSSR count). The molecule has 6 heteroatoms. The molecular formula is C15H22F3N3. The van der Waals surface area contributed by atoms with Crippen LogP contribution in [0, 0.1) is 0 Å². The SMILES string of the molecule is FC(F)(F)CNCCCCCc1ccc2c(n1)NCCC2. The van der Waals surface area contributed by atoms with Gasteiger partial charge >= 0.3 is 6.18 Å². The van der Waals surface area contributed by atoms with Gasteiger partial charge in [0.2, 0.25) is 0 Å². The molecule has 0 saturated carbocycles. The minimum atomic E-state index is -4.11. The van der Waals surface area contributed by atoms with Gasteiger partial charge in [0.25, 0.3) is 0 Å². The van der Waals surface area contributed by atoms with Crippen molar-refractivity contribution in [3.63, 3.8) is 0 Å². The van der Waals surface area contributed by atoms with Crippen LogP contribution in [-0.2, 0) is 12.8 Å². The van der Waals surface area contributed by atoms with Gasteiger partial charge in [0, 0.05) is 12.2 Å². The van der Waals surface area contributed by atoms with E-state index in [9.17, 15) is 13.2 Å². The van der Waals surface area contributed by atoms with Crippen molar-refractivity contribution in [3.8, 4) is 0 Å². The Bertz CT molecular complexity index is 446. The zero-order valence-corrected chi connectivity index (χ0v) is 12.1. The average molecular weight is 301 g/mol. The number of fused-ring (bicyclic) bond motifs is 1. The van der Waals surface area contributed by atoms with Crippen molar-refractivity contribution in [1.82, 2.24) is 10.3 Å². The molecule has 1 aromatic rings. The molecule has 0 bridgehead atoms. The third kappa shape index (κ3) is 5.91. The number of hydrogen-bond acceptors (Lipinski definition) is 3. The van der Waals surface area contributed by atoms with Gasteiger partial charge in [-0.2, -0.15) is 13.2 Å². The maximum Gasteiger partial charge on any atom is 0.401 e. The predicted molar refractivity (Wildman–Crippen MR) is 77.5 cm³/mol. The largest absolute Gasteiger partial charge is 0.401 e. The Balaban J connectivity index is 1.61. The van der Waals surface area contributed by atoms with E-state index in [0.29, 0.717) is 6.54 Å². The van der Waals surface area contributed by atoms with E-state index in [4.69, 9.17) is 0 Å². The number of aromatic nitrogens is 1. The molecule has 3 nitrogen and oxygen atoms in total. The normalized spacial score (nSPS) is 14.6. The van der Waals surface area contributed by atoms with Crippen molar-refractivity contribution in [2.75, 3.05) is 25.0 Å². The fourth-order valence-electron chi connectivity index (χ4n) is 2.47. The first kappa shape index (κ1) is 16.1. The van der Waals surface area contributed by atoms with Crippen molar-refractivity contribution >= 4 is 5.82 Å². The first-order chi connectivity index (χ1) is 10.0. The molecule has 0 unspecified atom stereocenters. The Kier molecular flexibility index (Phi) is 5.85. The second-order valence-corrected chi connectivity index (χ2v) is 5.44. The van der Waals surface area contributed by atoms with Gasteiger partial charge in [0.15, 0.2) is 0 Å². The number of hydrogen-bond donors (Lipinski definition) is 2. The summed E-state index contributed by atoms with van der Waals surface area (Å²) in [7, 11) is 0. The van der Waals surface area contributed by atoms with Gasteiger partial charge in [-0.25, -0.2) is 4.98 Å². The summed E-state index contributed by atoms with van der Waals surface area (Å²) in [6, 6.07) is 4.20. The van der Waals surface area contributed by atoms with Crippen LogP contribution in [0.3, 0.4) is 0 Å². The van der Waals surface area contributed by atoms with Gasteiger partial charge < -0.3 is 10.6 Å². The predicted octanol–water partition coefficient (Wildman–Crippen LogP) is 3.30. The molecule has 0 fully saturated rings. The fraction of sp³-hybridized carbons (Fsp3) is 0.667. The first-order valence-electron chi connectivity index (χ1n) is 7.55. The maximum absolute atomic E-state index is 11.9. The van der Waals surface area contributed by atoms with Gasteiger partial charge in [-0.05, 0) is 50.3 Å². The summed E-state index contributed by atoms with van der Waals surface area (Å²) >= 11 is 0. The molecule has 1 aliphatic heterocycles. The quantitative estimate of drug-likeness (QED) is 0.759. The monoisotopic (exact) mass is 301 g/mol. The lowest BCUT2D eigenvalue weighted by Gasteiger charge is -2.17. The van der Waals surface area contributed by atoms with Crippen LogP contribution in [-0.4, -0.2) is 30.8 Å². The number of nitrogens with one attached hydrogen (secondary N) is 2. The molecule has 0 aromatic carbocycles. The van der Waals surface area contributed by atoms with Gasteiger partial charge in [-0.1, -0.05) is 12.5 Å². The summed E-state index contributed by atoms with van der Waals surface area (Å²) < 4.78 is 35.7. The summed E-state index contributed by atoms with van der Waals surface area (Å²) in [5.74, 6) is 1.01. The number of unbranched alkanes of at least 4 members (excludes halogenated alkanes) is 2. The van der Waals surface area contributed by atoms with Gasteiger partial charge in [0.1, 0.15) is 5.82 Å². The standard InChI is InChI=1S/C15H22F3N3/c16-15(17,18)11-19-9-3-1-2-6-13-8-7-12-5-4-10-20-14(12)21-13/h7-8,19H,1-6,9-11H2,(H,20,21). The lowest BCUT2D eigenvalue weighted by atomic mass is 10.1. The fourth-order valence-corrected chi connectivity index (χ4v) is 2.47. The number of anilines is 1. The molecule has 118 valence electrons. The molecule has 0 saturated heterocycles. The van der Waals surface area contributed by atoms with Crippen LogP contribution in [0.1, 0.15) is 36.9 Å². The Morgan fingerprint density at radius 1 is 1.19 bits per heavy atom. The number of aryl methyl sites for hydroxylation is 2. The molecule has 0 atom stereocenters. The second kappa shape index (κ2) is 7.64. The maximum atomic E-state index is 11.9. The van der Waals surface area contributed by atoms with E-state index in [0.717, 1.165) is 56.6 Å². The lowest BCUT2D eigenvalue weighted by molar-refractivity contribution is -0.124. The smallest absolute Gasteiger partial charge is 0.370 e. The molecular weight excluding hydrogens is 279 g/mol. The Labute approximate surface area is 123 Å². The van der Waals surface area contributed by atoms with Gasteiger partial charge in [-0.3, -0.25) is 0 Å². The molecule has 21 heavy (non-hydrogen) atoms. The van der Waals surface area contributed by atoms with Crippen molar-refractivity contribution in [2.45, 2.75) is 44.7 Å². The van der Waals surface area contributed by atoms with Crippen molar-refractivity contribution < 1.29 is 13.2 Å². The van der Waals surface area contributed by atoms with E-state index in [1.54, 1.807) is 0 Å². The molecule has 1 aliphatic rings. The molecule has 2 N–H and O–H groups in total. The zero-order valence-electron chi connectivity index (χ0n) is 12.1. The van der Waals surface area contributed by atoms with Crippen LogP contribution < -0.4 is 10.6 Å². The number of alkyl halides is 3. The third-order valence-electron chi connectivity index (χ3n) is 3.56. The summed E-state index contributed by atoms with van der Waals surface area (Å²) in [5, 5.41) is 5.72. The summed E-state index contributed by atoms with van der Waals surface area (Å²) in [5.41, 5.74) is 2.34. The number of halogens is 3. The highest BCUT2D eigenvalue weighted by Crippen LogP contribution is 2.20. The topological polar surface area (TPSA) is 37.0 Å². The highest BCUT2D eigenvalue weighted by Gasteiger charge is 2.25. The molecule has 1 aromatic heterocycles. The van der Waals surface area contributed by atoms with Crippen molar-refractivity contribution in [2.24, 2.45) is 0 Å². The van der Waals surface area contributed by atoms with E-state index in [1.807, 2.05) is 0 Å².